The first-order valence-corrected chi connectivity index (χ1v) is 5.80. The van der Waals surface area contributed by atoms with Gasteiger partial charge in [0.1, 0.15) is 5.15 Å². The monoisotopic (exact) mass is 261 g/mol. The SMILES string of the molecule is CC(=O)N/N=C\c1cc2cc(C)ccc2nc1Cl. The minimum atomic E-state index is -0.230. The Balaban J connectivity index is 2.41. The maximum atomic E-state index is 10.7. The van der Waals surface area contributed by atoms with Crippen molar-refractivity contribution in [3.8, 4) is 0 Å². The Morgan fingerprint density at radius 1 is 1.44 bits per heavy atom. The highest BCUT2D eigenvalue weighted by Crippen LogP contribution is 2.20. The predicted molar refractivity (Wildman–Crippen MR) is 72.9 cm³/mol. The smallest absolute Gasteiger partial charge is 0.236 e. The fourth-order valence-electron chi connectivity index (χ4n) is 1.57. The standard InChI is InChI=1S/C13H12ClN3O/c1-8-3-4-12-10(5-8)6-11(13(14)16-12)7-15-17-9(2)18/h3-7H,1-2H3,(H,17,18)/b15-7-. The van der Waals surface area contributed by atoms with Crippen LogP contribution in [-0.2, 0) is 4.79 Å². The third-order valence-corrected chi connectivity index (χ3v) is 2.68. The number of nitrogens with zero attached hydrogens (tertiary/aromatic N) is 2. The zero-order chi connectivity index (χ0) is 13.1. The molecule has 0 unspecified atom stereocenters. The number of carbonyl (C=O) groups is 1. The van der Waals surface area contributed by atoms with E-state index >= 15 is 0 Å². The molecule has 0 radical (unpaired) electrons. The lowest BCUT2D eigenvalue weighted by Crippen LogP contribution is -2.12. The van der Waals surface area contributed by atoms with Crippen LogP contribution in [0.3, 0.4) is 0 Å². The number of halogens is 1. The van der Waals surface area contributed by atoms with E-state index in [1.54, 1.807) is 0 Å². The van der Waals surface area contributed by atoms with Gasteiger partial charge in [-0.1, -0.05) is 23.2 Å². The molecule has 2 aromatic rings. The molecular weight excluding hydrogens is 250 g/mol. The van der Waals surface area contributed by atoms with E-state index in [0.717, 1.165) is 16.5 Å². The fraction of sp³-hybridized carbons (Fsp3) is 0.154. The van der Waals surface area contributed by atoms with E-state index in [0.29, 0.717) is 10.7 Å². The zero-order valence-corrected chi connectivity index (χ0v) is 10.8. The van der Waals surface area contributed by atoms with Gasteiger partial charge in [-0.2, -0.15) is 5.10 Å². The summed E-state index contributed by atoms with van der Waals surface area (Å²) in [4.78, 5) is 15.0. The van der Waals surface area contributed by atoms with Gasteiger partial charge >= 0.3 is 0 Å². The van der Waals surface area contributed by atoms with E-state index in [1.165, 1.54) is 13.1 Å². The van der Waals surface area contributed by atoms with Crippen molar-refractivity contribution in [1.82, 2.24) is 10.4 Å². The van der Waals surface area contributed by atoms with Gasteiger partial charge in [-0.25, -0.2) is 10.4 Å². The van der Waals surface area contributed by atoms with Crippen molar-refractivity contribution in [1.29, 1.82) is 0 Å². The van der Waals surface area contributed by atoms with Gasteiger partial charge in [-0.15, -0.1) is 0 Å². The highest BCUT2D eigenvalue weighted by atomic mass is 35.5. The average molecular weight is 262 g/mol. The van der Waals surface area contributed by atoms with Crippen LogP contribution in [-0.4, -0.2) is 17.1 Å². The Morgan fingerprint density at radius 2 is 2.22 bits per heavy atom. The summed E-state index contributed by atoms with van der Waals surface area (Å²) < 4.78 is 0. The zero-order valence-electron chi connectivity index (χ0n) is 10.1. The maximum Gasteiger partial charge on any atom is 0.236 e. The van der Waals surface area contributed by atoms with Crippen molar-refractivity contribution in [2.75, 3.05) is 0 Å². The number of pyridine rings is 1. The molecule has 4 nitrogen and oxygen atoms in total. The Bertz CT molecular complexity index is 637. The van der Waals surface area contributed by atoms with Crippen LogP contribution in [0.25, 0.3) is 10.9 Å². The lowest BCUT2D eigenvalue weighted by Gasteiger charge is -2.03. The minimum absolute atomic E-state index is 0.230. The Morgan fingerprint density at radius 3 is 2.94 bits per heavy atom. The molecule has 1 N–H and O–H groups in total. The normalized spacial score (nSPS) is 11.1. The summed E-state index contributed by atoms with van der Waals surface area (Å²) in [7, 11) is 0. The molecule has 1 aromatic carbocycles. The highest BCUT2D eigenvalue weighted by Gasteiger charge is 2.03. The number of benzene rings is 1. The van der Waals surface area contributed by atoms with Crippen LogP contribution >= 0.6 is 11.6 Å². The molecule has 0 spiro atoms. The fourth-order valence-corrected chi connectivity index (χ4v) is 1.77. The number of rotatable bonds is 2. The molecule has 0 saturated heterocycles. The second-order valence-corrected chi connectivity index (χ2v) is 4.35. The number of aromatic nitrogens is 1. The quantitative estimate of drug-likeness (QED) is 0.513. The first kappa shape index (κ1) is 12.5. The number of fused-ring (bicyclic) bond motifs is 1. The largest absolute Gasteiger partial charge is 0.274 e. The molecule has 0 fully saturated rings. The molecule has 18 heavy (non-hydrogen) atoms. The van der Waals surface area contributed by atoms with Gasteiger partial charge in [0.05, 0.1) is 11.7 Å². The molecule has 0 aliphatic rings. The van der Waals surface area contributed by atoms with E-state index < -0.39 is 0 Å². The number of nitrogens with one attached hydrogen (secondary N) is 1. The summed E-state index contributed by atoms with van der Waals surface area (Å²) in [6.07, 6.45) is 1.48. The second-order valence-electron chi connectivity index (χ2n) is 3.99. The van der Waals surface area contributed by atoms with Crippen molar-refractivity contribution in [3.05, 3.63) is 40.5 Å². The Hall–Kier alpha value is -1.94. The summed E-state index contributed by atoms with van der Waals surface area (Å²) in [6, 6.07) is 7.82. The van der Waals surface area contributed by atoms with Crippen LogP contribution in [0.5, 0.6) is 0 Å². The topological polar surface area (TPSA) is 54.4 Å². The lowest BCUT2D eigenvalue weighted by atomic mass is 10.1. The Labute approximate surface area is 110 Å². The van der Waals surface area contributed by atoms with E-state index in [-0.39, 0.29) is 5.91 Å². The lowest BCUT2D eigenvalue weighted by molar-refractivity contribution is -0.118. The molecule has 1 heterocycles. The predicted octanol–water partition coefficient (Wildman–Crippen LogP) is 2.67. The van der Waals surface area contributed by atoms with Gasteiger partial charge in [0.2, 0.25) is 5.91 Å². The van der Waals surface area contributed by atoms with Gasteiger partial charge in [-0.05, 0) is 25.1 Å². The molecule has 0 aliphatic heterocycles. The third kappa shape index (κ3) is 2.84. The van der Waals surface area contributed by atoms with E-state index in [4.69, 9.17) is 11.6 Å². The average Bonchev–Trinajstić information content (AvgIpc) is 2.30. The van der Waals surface area contributed by atoms with Gasteiger partial charge in [0, 0.05) is 17.9 Å². The van der Waals surface area contributed by atoms with Crippen LogP contribution < -0.4 is 5.43 Å². The van der Waals surface area contributed by atoms with Crippen molar-refractivity contribution >= 4 is 34.6 Å². The van der Waals surface area contributed by atoms with Crippen LogP contribution in [0.15, 0.2) is 29.4 Å². The van der Waals surface area contributed by atoms with Gasteiger partial charge in [0.25, 0.3) is 0 Å². The number of aryl methyl sites for hydroxylation is 1. The van der Waals surface area contributed by atoms with Crippen molar-refractivity contribution in [3.63, 3.8) is 0 Å². The molecule has 1 amide bonds. The first-order valence-electron chi connectivity index (χ1n) is 5.43. The van der Waals surface area contributed by atoms with Gasteiger partial charge < -0.3 is 0 Å². The van der Waals surface area contributed by atoms with Crippen LogP contribution in [0.2, 0.25) is 5.15 Å². The number of hydrogen-bond donors (Lipinski definition) is 1. The van der Waals surface area contributed by atoms with E-state index in [2.05, 4.69) is 15.5 Å². The molecule has 1 aromatic heterocycles. The van der Waals surface area contributed by atoms with Gasteiger partial charge in [0.15, 0.2) is 0 Å². The highest BCUT2D eigenvalue weighted by molar-refractivity contribution is 6.32. The Kier molecular flexibility index (Phi) is 3.58. The first-order chi connectivity index (χ1) is 8.56. The van der Waals surface area contributed by atoms with Crippen LogP contribution in [0.1, 0.15) is 18.1 Å². The molecule has 2 rings (SSSR count). The van der Waals surface area contributed by atoms with Crippen molar-refractivity contribution in [2.45, 2.75) is 13.8 Å². The molecular formula is C13H12ClN3O. The number of hydrazone groups is 1. The van der Waals surface area contributed by atoms with Gasteiger partial charge in [-0.3, -0.25) is 4.79 Å². The maximum absolute atomic E-state index is 10.7. The minimum Gasteiger partial charge on any atom is -0.274 e. The van der Waals surface area contributed by atoms with E-state index in [9.17, 15) is 4.79 Å². The second kappa shape index (κ2) is 5.14. The summed E-state index contributed by atoms with van der Waals surface area (Å²) in [5.41, 5.74) is 4.98. The van der Waals surface area contributed by atoms with E-state index in [1.807, 2.05) is 31.2 Å². The molecule has 0 saturated carbocycles. The summed E-state index contributed by atoms with van der Waals surface area (Å²) >= 11 is 6.04. The number of amides is 1. The molecule has 0 bridgehead atoms. The van der Waals surface area contributed by atoms with Crippen molar-refractivity contribution in [2.24, 2.45) is 5.10 Å². The molecule has 5 heteroatoms. The van der Waals surface area contributed by atoms with Crippen LogP contribution in [0, 0.1) is 6.92 Å². The summed E-state index contributed by atoms with van der Waals surface area (Å²) in [6.45, 7) is 3.40. The number of hydrogen-bond acceptors (Lipinski definition) is 3. The molecule has 0 atom stereocenters. The summed E-state index contributed by atoms with van der Waals surface area (Å²) in [5, 5.41) is 5.13. The van der Waals surface area contributed by atoms with Crippen LogP contribution in [0.4, 0.5) is 0 Å². The summed E-state index contributed by atoms with van der Waals surface area (Å²) in [5.74, 6) is -0.230. The number of carbonyl (C=O) groups excluding carboxylic acids is 1. The molecule has 0 aliphatic carbocycles. The van der Waals surface area contributed by atoms with Crippen molar-refractivity contribution < 1.29 is 4.79 Å². The third-order valence-electron chi connectivity index (χ3n) is 2.38. The molecule has 92 valence electrons.